The molecule has 13 heavy (non-hydrogen) atoms. The first kappa shape index (κ1) is 9.19. The lowest BCUT2D eigenvalue weighted by Crippen LogP contribution is -2.08. The summed E-state index contributed by atoms with van der Waals surface area (Å²) in [4.78, 5) is 20.7. The molecule has 1 aromatic rings. The minimum absolute atomic E-state index is 0.803. The van der Waals surface area contributed by atoms with Crippen LogP contribution in [0.25, 0.3) is 6.08 Å². The average molecular weight is 176 g/mol. The molecule has 0 aliphatic carbocycles. The highest BCUT2D eigenvalue weighted by Gasteiger charge is 2.04. The van der Waals surface area contributed by atoms with Gasteiger partial charge in [-0.2, -0.15) is 0 Å². The molecule has 0 heterocycles. The van der Waals surface area contributed by atoms with E-state index in [1.807, 2.05) is 18.2 Å². The van der Waals surface area contributed by atoms with E-state index in [1.165, 1.54) is 6.08 Å². The van der Waals surface area contributed by atoms with E-state index in [-0.39, 0.29) is 0 Å². The van der Waals surface area contributed by atoms with E-state index in [0.717, 1.165) is 11.6 Å². The summed E-state index contributed by atoms with van der Waals surface area (Å²) in [6.45, 7) is 0. The number of ketones is 1. The van der Waals surface area contributed by atoms with Crippen LogP contribution in [0.1, 0.15) is 5.56 Å². The van der Waals surface area contributed by atoms with Crippen LogP contribution in [0.5, 0.6) is 0 Å². The third kappa shape index (κ3) is 2.91. The van der Waals surface area contributed by atoms with Crippen molar-refractivity contribution in [1.29, 1.82) is 0 Å². The molecular formula is C10H8O3. The standard InChI is InChI=1S/C10H8O3/c11-9(10(12)13)7-6-8-4-2-1-3-5-8/h1-7H,(H,12,13)/b7-6+. The lowest BCUT2D eigenvalue weighted by Gasteiger charge is -1.89. The molecule has 1 rings (SSSR count). The van der Waals surface area contributed by atoms with Crippen molar-refractivity contribution >= 4 is 17.8 Å². The van der Waals surface area contributed by atoms with Crippen LogP contribution < -0.4 is 0 Å². The summed E-state index contributed by atoms with van der Waals surface area (Å²) < 4.78 is 0. The summed E-state index contributed by atoms with van der Waals surface area (Å²) in [6, 6.07) is 9.03. The zero-order chi connectivity index (χ0) is 9.68. The number of rotatable bonds is 3. The molecule has 0 amide bonds. The van der Waals surface area contributed by atoms with Gasteiger partial charge >= 0.3 is 5.97 Å². The Kier molecular flexibility index (Phi) is 2.97. The van der Waals surface area contributed by atoms with Gasteiger partial charge in [-0.15, -0.1) is 0 Å². The van der Waals surface area contributed by atoms with Crippen LogP contribution in [0.15, 0.2) is 36.4 Å². The maximum atomic E-state index is 10.6. The highest BCUT2D eigenvalue weighted by atomic mass is 16.4. The Hall–Kier alpha value is -1.90. The largest absolute Gasteiger partial charge is 0.475 e. The first-order chi connectivity index (χ1) is 6.20. The molecule has 0 aromatic heterocycles. The predicted molar refractivity (Wildman–Crippen MR) is 48.1 cm³/mol. The summed E-state index contributed by atoms with van der Waals surface area (Å²) in [5.74, 6) is -2.35. The molecule has 1 aromatic carbocycles. The van der Waals surface area contributed by atoms with E-state index in [9.17, 15) is 9.59 Å². The van der Waals surface area contributed by atoms with Gasteiger partial charge in [-0.1, -0.05) is 36.4 Å². The molecule has 3 heteroatoms. The van der Waals surface area contributed by atoms with Crippen LogP contribution >= 0.6 is 0 Å². The summed E-state index contributed by atoms with van der Waals surface area (Å²) in [5.41, 5.74) is 0.803. The van der Waals surface area contributed by atoms with Gasteiger partial charge in [0, 0.05) is 0 Å². The van der Waals surface area contributed by atoms with Crippen LogP contribution in [0.2, 0.25) is 0 Å². The van der Waals surface area contributed by atoms with Crippen LogP contribution in [-0.4, -0.2) is 16.9 Å². The van der Waals surface area contributed by atoms with Crippen molar-refractivity contribution in [2.45, 2.75) is 0 Å². The van der Waals surface area contributed by atoms with Crippen molar-refractivity contribution in [1.82, 2.24) is 0 Å². The second-order valence-corrected chi connectivity index (χ2v) is 2.41. The maximum Gasteiger partial charge on any atom is 0.376 e. The van der Waals surface area contributed by atoms with Gasteiger partial charge in [-0.25, -0.2) is 4.79 Å². The van der Waals surface area contributed by atoms with E-state index in [2.05, 4.69) is 0 Å². The van der Waals surface area contributed by atoms with Gasteiger partial charge in [-0.05, 0) is 11.6 Å². The lowest BCUT2D eigenvalue weighted by molar-refractivity contribution is -0.146. The molecule has 0 spiro atoms. The van der Waals surface area contributed by atoms with Crippen molar-refractivity contribution in [2.75, 3.05) is 0 Å². The molecule has 0 bridgehead atoms. The number of benzene rings is 1. The molecule has 1 N–H and O–H groups in total. The molecule has 0 radical (unpaired) electrons. The minimum Gasteiger partial charge on any atom is -0.475 e. The second-order valence-electron chi connectivity index (χ2n) is 2.41. The van der Waals surface area contributed by atoms with Gasteiger partial charge < -0.3 is 5.11 Å². The van der Waals surface area contributed by atoms with Crippen molar-refractivity contribution in [3.05, 3.63) is 42.0 Å². The van der Waals surface area contributed by atoms with Gasteiger partial charge in [0.15, 0.2) is 0 Å². The van der Waals surface area contributed by atoms with Crippen molar-refractivity contribution in [2.24, 2.45) is 0 Å². The third-order valence-corrected chi connectivity index (χ3v) is 1.44. The number of carbonyl (C=O) groups is 2. The number of hydrogen-bond acceptors (Lipinski definition) is 2. The van der Waals surface area contributed by atoms with Crippen LogP contribution in [0.4, 0.5) is 0 Å². The second kappa shape index (κ2) is 4.21. The summed E-state index contributed by atoms with van der Waals surface area (Å²) >= 11 is 0. The van der Waals surface area contributed by atoms with Gasteiger partial charge in [0.2, 0.25) is 0 Å². The number of hydrogen-bond donors (Lipinski definition) is 1. The Morgan fingerprint density at radius 3 is 2.31 bits per heavy atom. The first-order valence-corrected chi connectivity index (χ1v) is 3.70. The van der Waals surface area contributed by atoms with Crippen LogP contribution in [0.3, 0.4) is 0 Å². The summed E-state index contributed by atoms with van der Waals surface area (Å²) in [7, 11) is 0. The summed E-state index contributed by atoms with van der Waals surface area (Å²) in [6.07, 6.45) is 2.51. The zero-order valence-electron chi connectivity index (χ0n) is 6.81. The number of carboxylic acids is 1. The predicted octanol–water partition coefficient (Wildman–Crippen LogP) is 1.35. The number of carbonyl (C=O) groups excluding carboxylic acids is 1. The Morgan fingerprint density at radius 1 is 1.15 bits per heavy atom. The zero-order valence-corrected chi connectivity index (χ0v) is 6.81. The average Bonchev–Trinajstić information content (AvgIpc) is 2.15. The van der Waals surface area contributed by atoms with E-state index < -0.39 is 11.8 Å². The van der Waals surface area contributed by atoms with E-state index in [0.29, 0.717) is 0 Å². The van der Waals surface area contributed by atoms with Gasteiger partial charge in [0.05, 0.1) is 0 Å². The topological polar surface area (TPSA) is 54.4 Å². The Balaban J connectivity index is 2.70. The maximum absolute atomic E-state index is 10.6. The molecule has 0 fully saturated rings. The molecule has 0 aliphatic rings. The monoisotopic (exact) mass is 176 g/mol. The fourth-order valence-electron chi connectivity index (χ4n) is 0.807. The SMILES string of the molecule is O=C(O)C(=O)/C=C/c1ccccc1. The van der Waals surface area contributed by atoms with Gasteiger partial charge in [-0.3, -0.25) is 4.79 Å². The molecule has 3 nitrogen and oxygen atoms in total. The van der Waals surface area contributed by atoms with Crippen LogP contribution in [0, 0.1) is 0 Å². The Morgan fingerprint density at radius 2 is 1.77 bits per heavy atom. The van der Waals surface area contributed by atoms with Gasteiger partial charge in [0.1, 0.15) is 0 Å². The fraction of sp³-hybridized carbons (Fsp3) is 0. The lowest BCUT2D eigenvalue weighted by atomic mass is 10.2. The van der Waals surface area contributed by atoms with Gasteiger partial charge in [0.25, 0.3) is 5.78 Å². The molecular weight excluding hydrogens is 168 g/mol. The normalized spacial score (nSPS) is 10.2. The smallest absolute Gasteiger partial charge is 0.376 e. The van der Waals surface area contributed by atoms with Crippen molar-refractivity contribution < 1.29 is 14.7 Å². The summed E-state index contributed by atoms with van der Waals surface area (Å²) in [5, 5.41) is 8.26. The van der Waals surface area contributed by atoms with E-state index in [4.69, 9.17) is 5.11 Å². The van der Waals surface area contributed by atoms with Crippen molar-refractivity contribution in [3.63, 3.8) is 0 Å². The molecule has 0 aliphatic heterocycles. The molecule has 0 saturated heterocycles. The quantitative estimate of drug-likeness (QED) is 0.558. The first-order valence-electron chi connectivity index (χ1n) is 3.70. The van der Waals surface area contributed by atoms with Crippen molar-refractivity contribution in [3.8, 4) is 0 Å². The molecule has 0 saturated carbocycles. The molecule has 0 atom stereocenters. The third-order valence-electron chi connectivity index (χ3n) is 1.44. The molecule has 66 valence electrons. The highest BCUT2D eigenvalue weighted by Crippen LogP contribution is 2.00. The van der Waals surface area contributed by atoms with E-state index >= 15 is 0 Å². The van der Waals surface area contributed by atoms with Crippen LogP contribution in [-0.2, 0) is 9.59 Å². The fourth-order valence-corrected chi connectivity index (χ4v) is 0.807. The molecule has 0 unspecified atom stereocenters. The Labute approximate surface area is 75.3 Å². The van der Waals surface area contributed by atoms with E-state index in [1.54, 1.807) is 12.1 Å². The number of carboxylic acid groups (broad SMARTS) is 1. The Bertz CT molecular complexity index is 338. The number of aliphatic carboxylic acids is 1. The highest BCUT2D eigenvalue weighted by molar-refractivity contribution is 6.38. The minimum atomic E-state index is -1.44.